The highest BCUT2D eigenvalue weighted by molar-refractivity contribution is 5.83. The number of carbonyl (C=O) groups is 1. The summed E-state index contributed by atoms with van der Waals surface area (Å²) in [4.78, 5) is 11.7. The Labute approximate surface area is 117 Å². The lowest BCUT2D eigenvalue weighted by molar-refractivity contribution is -0.145. The topological polar surface area (TPSA) is 58.6 Å². The number of hydrogen-bond donors (Lipinski definition) is 2. The average Bonchev–Trinajstić information content (AvgIpc) is 2.37. The van der Waals surface area contributed by atoms with E-state index in [4.69, 9.17) is 4.74 Å². The van der Waals surface area contributed by atoms with Gasteiger partial charge < -0.3 is 15.2 Å². The molecule has 2 N–H and O–H groups in total. The molecule has 1 saturated carbocycles. The Morgan fingerprint density at radius 1 is 1.50 bits per heavy atom. The second-order valence-electron chi connectivity index (χ2n) is 5.48. The van der Waals surface area contributed by atoms with Gasteiger partial charge in [-0.3, -0.25) is 0 Å². The first-order chi connectivity index (χ1) is 9.45. The van der Waals surface area contributed by atoms with Gasteiger partial charge in [-0.25, -0.2) is 9.18 Å². The van der Waals surface area contributed by atoms with Gasteiger partial charge in [-0.2, -0.15) is 0 Å². The number of halogens is 1. The van der Waals surface area contributed by atoms with Crippen LogP contribution in [0.5, 0.6) is 0 Å². The van der Waals surface area contributed by atoms with Gasteiger partial charge in [-0.15, -0.1) is 0 Å². The van der Waals surface area contributed by atoms with Crippen LogP contribution in [-0.4, -0.2) is 29.8 Å². The molecule has 0 bridgehead atoms. The smallest absolute Gasteiger partial charge is 0.329 e. The van der Waals surface area contributed by atoms with E-state index in [0.29, 0.717) is 18.5 Å². The predicted octanol–water partition coefficient (Wildman–Crippen LogP) is 2.96. The zero-order chi connectivity index (χ0) is 14.8. The number of benzene rings is 1. The van der Waals surface area contributed by atoms with E-state index >= 15 is 0 Å². The van der Waals surface area contributed by atoms with Gasteiger partial charge in [0.25, 0.3) is 0 Å². The number of carboxylic acids is 1. The van der Waals surface area contributed by atoms with Gasteiger partial charge in [0.05, 0.1) is 6.10 Å². The number of anilines is 1. The quantitative estimate of drug-likeness (QED) is 0.891. The van der Waals surface area contributed by atoms with Crippen LogP contribution in [0.2, 0.25) is 0 Å². The summed E-state index contributed by atoms with van der Waals surface area (Å²) in [7, 11) is 1.59. The molecule has 2 unspecified atom stereocenters. The SMILES string of the molecule is COC1CCCC(Nc2cc(C)cc(F)c2)(C(=O)O)C1. The van der Waals surface area contributed by atoms with Gasteiger partial charge in [0.15, 0.2) is 0 Å². The van der Waals surface area contributed by atoms with Gasteiger partial charge in [-0.05, 0) is 49.9 Å². The standard InChI is InChI=1S/C15H20FNO3/c1-10-6-11(16)8-12(7-10)17-15(14(18)19)5-3-4-13(9-15)20-2/h6-8,13,17H,3-5,9H2,1-2H3,(H,18,19). The Balaban J connectivity index is 2.27. The summed E-state index contributed by atoms with van der Waals surface area (Å²) in [5.74, 6) is -1.28. The molecule has 0 amide bonds. The number of carboxylic acid groups (broad SMARTS) is 1. The molecule has 110 valence electrons. The maximum Gasteiger partial charge on any atom is 0.329 e. The fourth-order valence-electron chi connectivity index (χ4n) is 2.87. The molecule has 20 heavy (non-hydrogen) atoms. The van der Waals surface area contributed by atoms with Gasteiger partial charge in [0, 0.05) is 19.2 Å². The van der Waals surface area contributed by atoms with Crippen LogP contribution >= 0.6 is 0 Å². The Bertz CT molecular complexity index is 486. The van der Waals surface area contributed by atoms with Crippen molar-refractivity contribution in [2.45, 2.75) is 44.2 Å². The van der Waals surface area contributed by atoms with Crippen molar-refractivity contribution < 1.29 is 19.0 Å². The second-order valence-corrected chi connectivity index (χ2v) is 5.48. The molecule has 2 rings (SSSR count). The van der Waals surface area contributed by atoms with Crippen LogP contribution in [0.4, 0.5) is 10.1 Å². The van der Waals surface area contributed by atoms with Crippen molar-refractivity contribution in [1.82, 2.24) is 0 Å². The molecular formula is C15H20FNO3. The molecule has 0 aromatic heterocycles. The lowest BCUT2D eigenvalue weighted by atomic mass is 9.79. The molecule has 1 aromatic rings. The molecule has 1 fully saturated rings. The highest BCUT2D eigenvalue weighted by Crippen LogP contribution is 2.34. The molecule has 0 saturated heterocycles. The molecule has 5 heteroatoms. The molecule has 1 aliphatic rings. The number of aliphatic carboxylic acids is 1. The van der Waals surface area contributed by atoms with E-state index < -0.39 is 11.5 Å². The fraction of sp³-hybridized carbons (Fsp3) is 0.533. The Morgan fingerprint density at radius 3 is 2.85 bits per heavy atom. The summed E-state index contributed by atoms with van der Waals surface area (Å²) in [6.07, 6.45) is 2.44. The molecule has 4 nitrogen and oxygen atoms in total. The zero-order valence-electron chi connectivity index (χ0n) is 11.8. The van der Waals surface area contributed by atoms with E-state index in [1.54, 1.807) is 20.1 Å². The Morgan fingerprint density at radius 2 is 2.25 bits per heavy atom. The van der Waals surface area contributed by atoms with E-state index in [-0.39, 0.29) is 11.9 Å². The van der Waals surface area contributed by atoms with Crippen molar-refractivity contribution in [2.75, 3.05) is 12.4 Å². The molecule has 0 radical (unpaired) electrons. The maximum absolute atomic E-state index is 13.4. The summed E-state index contributed by atoms with van der Waals surface area (Å²) in [6.45, 7) is 1.78. The monoisotopic (exact) mass is 281 g/mol. The second kappa shape index (κ2) is 5.79. The first-order valence-corrected chi connectivity index (χ1v) is 6.77. The Hall–Kier alpha value is -1.62. The van der Waals surface area contributed by atoms with E-state index in [0.717, 1.165) is 18.4 Å². The number of ether oxygens (including phenoxy) is 1. The highest BCUT2D eigenvalue weighted by Gasteiger charge is 2.43. The van der Waals surface area contributed by atoms with Gasteiger partial charge in [0.1, 0.15) is 11.4 Å². The lowest BCUT2D eigenvalue weighted by Gasteiger charge is -2.38. The van der Waals surface area contributed by atoms with Crippen LogP contribution in [0.3, 0.4) is 0 Å². The maximum atomic E-state index is 13.4. The summed E-state index contributed by atoms with van der Waals surface area (Å²) < 4.78 is 18.7. The Kier molecular flexibility index (Phi) is 4.28. The normalized spacial score (nSPS) is 26.2. The van der Waals surface area contributed by atoms with Gasteiger partial charge in [-0.1, -0.05) is 0 Å². The molecule has 2 atom stereocenters. The third-order valence-electron chi connectivity index (χ3n) is 3.87. The van der Waals surface area contributed by atoms with E-state index in [9.17, 15) is 14.3 Å². The van der Waals surface area contributed by atoms with E-state index in [1.807, 2.05) is 0 Å². The molecule has 1 aliphatic carbocycles. The minimum absolute atomic E-state index is 0.0815. The summed E-state index contributed by atoms with van der Waals surface area (Å²) in [5.41, 5.74) is 0.174. The van der Waals surface area contributed by atoms with Gasteiger partial charge in [0.2, 0.25) is 0 Å². The minimum Gasteiger partial charge on any atom is -0.480 e. The first-order valence-electron chi connectivity index (χ1n) is 6.77. The number of hydrogen-bond acceptors (Lipinski definition) is 3. The van der Waals surface area contributed by atoms with Crippen molar-refractivity contribution in [2.24, 2.45) is 0 Å². The van der Waals surface area contributed by atoms with Crippen molar-refractivity contribution in [3.63, 3.8) is 0 Å². The average molecular weight is 281 g/mol. The summed E-state index contributed by atoms with van der Waals surface area (Å²) >= 11 is 0. The summed E-state index contributed by atoms with van der Waals surface area (Å²) in [6, 6.07) is 4.50. The molecule has 0 aliphatic heterocycles. The highest BCUT2D eigenvalue weighted by atomic mass is 19.1. The number of nitrogens with one attached hydrogen (secondary N) is 1. The number of methoxy groups -OCH3 is 1. The van der Waals surface area contributed by atoms with Crippen molar-refractivity contribution in [1.29, 1.82) is 0 Å². The molecular weight excluding hydrogens is 261 g/mol. The van der Waals surface area contributed by atoms with Crippen molar-refractivity contribution in [3.05, 3.63) is 29.6 Å². The lowest BCUT2D eigenvalue weighted by Crippen LogP contribution is -2.51. The first kappa shape index (κ1) is 14.8. The van der Waals surface area contributed by atoms with E-state index in [1.165, 1.54) is 12.1 Å². The third kappa shape index (κ3) is 3.10. The van der Waals surface area contributed by atoms with Crippen LogP contribution in [-0.2, 0) is 9.53 Å². The molecule has 0 spiro atoms. The van der Waals surface area contributed by atoms with Crippen LogP contribution in [0, 0.1) is 12.7 Å². The zero-order valence-corrected chi connectivity index (χ0v) is 11.8. The minimum atomic E-state index is -1.08. The van der Waals surface area contributed by atoms with Crippen LogP contribution in [0.1, 0.15) is 31.2 Å². The summed E-state index contributed by atoms with van der Waals surface area (Å²) in [5, 5.41) is 12.6. The van der Waals surface area contributed by atoms with E-state index in [2.05, 4.69) is 5.32 Å². The fourth-order valence-corrected chi connectivity index (χ4v) is 2.87. The number of aryl methyl sites for hydroxylation is 1. The third-order valence-corrected chi connectivity index (χ3v) is 3.87. The number of rotatable bonds is 4. The molecule has 0 heterocycles. The van der Waals surface area contributed by atoms with Crippen LogP contribution in [0.15, 0.2) is 18.2 Å². The largest absolute Gasteiger partial charge is 0.480 e. The van der Waals surface area contributed by atoms with Crippen LogP contribution in [0.25, 0.3) is 0 Å². The molecule has 1 aromatic carbocycles. The van der Waals surface area contributed by atoms with Crippen LogP contribution < -0.4 is 5.32 Å². The van der Waals surface area contributed by atoms with Crippen molar-refractivity contribution >= 4 is 11.7 Å². The van der Waals surface area contributed by atoms with Gasteiger partial charge >= 0.3 is 5.97 Å². The van der Waals surface area contributed by atoms with Crippen molar-refractivity contribution in [3.8, 4) is 0 Å². The predicted molar refractivity (Wildman–Crippen MR) is 74.4 cm³/mol.